The Hall–Kier alpha value is -4.06. The molecule has 1 fully saturated rings. The predicted octanol–water partition coefficient (Wildman–Crippen LogP) is 5.85. The molecule has 1 N–H and O–H groups in total. The number of likely N-dealkylation sites (tertiary alicyclic amines) is 1. The largest absolute Gasteiger partial charge is 0.507 e. The average Bonchev–Trinajstić information content (AvgIpc) is 3.43. The minimum atomic E-state index is -0.725. The highest BCUT2D eigenvalue weighted by molar-refractivity contribution is 6.46. The molecule has 0 bridgehead atoms. The molecule has 3 aromatic rings. The smallest absolute Gasteiger partial charge is 0.295 e. The standard InChI is InChI=1S/C32H33NO5/c1-3-4-17-37-26-12-8-11-23(20-26)29-28(30(34)24-13-14-27-25(19-24)18-21(2)38-27)31(35)32(36)33(29)16-15-22-9-6-5-7-10-22/h5-14,19-21,29,34H,3-4,15-18H2,1-2H3/b30-28+/t21-,29-/m1/s1. The average molecular weight is 512 g/mol. The molecule has 38 heavy (non-hydrogen) atoms. The third-order valence-corrected chi connectivity index (χ3v) is 7.13. The SMILES string of the molecule is CCCCOc1cccc([C@@H]2/C(=C(\O)c3ccc4c(c3)C[C@@H](C)O4)C(=O)C(=O)N2CCc2ccccc2)c1. The Kier molecular flexibility index (Phi) is 7.50. The van der Waals surface area contributed by atoms with Crippen LogP contribution >= 0.6 is 0 Å². The van der Waals surface area contributed by atoms with Gasteiger partial charge in [0.05, 0.1) is 18.2 Å². The van der Waals surface area contributed by atoms with Gasteiger partial charge in [-0.2, -0.15) is 0 Å². The van der Waals surface area contributed by atoms with E-state index in [9.17, 15) is 14.7 Å². The summed E-state index contributed by atoms with van der Waals surface area (Å²) in [7, 11) is 0. The van der Waals surface area contributed by atoms with Crippen molar-refractivity contribution in [2.75, 3.05) is 13.2 Å². The third kappa shape index (κ3) is 5.17. The van der Waals surface area contributed by atoms with Crippen molar-refractivity contribution in [3.8, 4) is 11.5 Å². The number of aliphatic hydroxyl groups is 1. The molecule has 2 aliphatic heterocycles. The number of carbonyl (C=O) groups is 2. The number of amides is 1. The van der Waals surface area contributed by atoms with Crippen molar-refractivity contribution in [2.24, 2.45) is 0 Å². The Morgan fingerprint density at radius 2 is 1.87 bits per heavy atom. The van der Waals surface area contributed by atoms with Crippen molar-refractivity contribution in [3.63, 3.8) is 0 Å². The van der Waals surface area contributed by atoms with Crippen molar-refractivity contribution in [1.29, 1.82) is 0 Å². The third-order valence-electron chi connectivity index (χ3n) is 7.13. The zero-order chi connectivity index (χ0) is 26.6. The van der Waals surface area contributed by atoms with E-state index in [1.54, 1.807) is 11.0 Å². The van der Waals surface area contributed by atoms with E-state index in [-0.39, 0.29) is 17.4 Å². The Morgan fingerprint density at radius 3 is 2.66 bits per heavy atom. The fourth-order valence-electron chi connectivity index (χ4n) is 5.19. The van der Waals surface area contributed by atoms with Crippen LogP contribution in [0.15, 0.2) is 78.4 Å². The number of carbonyl (C=O) groups excluding carboxylic acids is 2. The summed E-state index contributed by atoms with van der Waals surface area (Å²) in [4.78, 5) is 28.4. The van der Waals surface area contributed by atoms with E-state index in [0.717, 1.165) is 41.7 Å². The van der Waals surface area contributed by atoms with Gasteiger partial charge < -0.3 is 19.5 Å². The highest BCUT2D eigenvalue weighted by Gasteiger charge is 2.46. The zero-order valence-corrected chi connectivity index (χ0v) is 21.9. The molecule has 0 radical (unpaired) electrons. The molecule has 0 aliphatic carbocycles. The lowest BCUT2D eigenvalue weighted by Crippen LogP contribution is -2.31. The fraction of sp³-hybridized carbons (Fsp3) is 0.312. The van der Waals surface area contributed by atoms with Gasteiger partial charge in [0.2, 0.25) is 0 Å². The van der Waals surface area contributed by atoms with Crippen LogP contribution in [0.5, 0.6) is 11.5 Å². The first-order valence-corrected chi connectivity index (χ1v) is 13.3. The van der Waals surface area contributed by atoms with E-state index in [4.69, 9.17) is 9.47 Å². The lowest BCUT2D eigenvalue weighted by atomic mass is 9.94. The van der Waals surface area contributed by atoms with Crippen molar-refractivity contribution in [2.45, 2.75) is 51.7 Å². The number of ether oxygens (including phenoxy) is 2. The number of aliphatic hydroxyl groups excluding tert-OH is 1. The van der Waals surface area contributed by atoms with Crippen molar-refractivity contribution < 1.29 is 24.2 Å². The molecule has 1 saturated heterocycles. The van der Waals surface area contributed by atoms with Gasteiger partial charge in [0.15, 0.2) is 0 Å². The maximum atomic E-state index is 13.4. The van der Waals surface area contributed by atoms with Gasteiger partial charge in [0, 0.05) is 18.5 Å². The number of Topliss-reactive ketones (excluding diaryl/α,β-unsaturated/α-hetero) is 1. The van der Waals surface area contributed by atoms with Crippen LogP contribution in [0.2, 0.25) is 0 Å². The van der Waals surface area contributed by atoms with Gasteiger partial charge in [0.1, 0.15) is 23.4 Å². The summed E-state index contributed by atoms with van der Waals surface area (Å²) >= 11 is 0. The minimum absolute atomic E-state index is 0.0569. The number of unbranched alkanes of at least 4 members (excludes halogenated alkanes) is 1. The molecule has 0 spiro atoms. The van der Waals surface area contributed by atoms with E-state index in [0.29, 0.717) is 30.9 Å². The van der Waals surface area contributed by atoms with Crippen LogP contribution in [0.3, 0.4) is 0 Å². The summed E-state index contributed by atoms with van der Waals surface area (Å²) in [6.07, 6.45) is 3.32. The molecule has 1 amide bonds. The van der Waals surface area contributed by atoms with E-state index in [1.807, 2.05) is 73.7 Å². The second-order valence-corrected chi connectivity index (χ2v) is 9.96. The molecule has 5 rings (SSSR count). The van der Waals surface area contributed by atoms with Crippen LogP contribution in [0.4, 0.5) is 0 Å². The quantitative estimate of drug-likeness (QED) is 0.169. The van der Waals surface area contributed by atoms with Gasteiger partial charge >= 0.3 is 0 Å². The second kappa shape index (κ2) is 11.1. The molecule has 2 atom stereocenters. The maximum Gasteiger partial charge on any atom is 0.295 e. The minimum Gasteiger partial charge on any atom is -0.507 e. The van der Waals surface area contributed by atoms with Crippen LogP contribution in [0.1, 0.15) is 55.0 Å². The van der Waals surface area contributed by atoms with Crippen molar-refractivity contribution in [3.05, 3.63) is 101 Å². The molecule has 0 unspecified atom stereocenters. The lowest BCUT2D eigenvalue weighted by Gasteiger charge is -2.26. The normalized spacial score (nSPS) is 19.9. The molecule has 6 heteroatoms. The van der Waals surface area contributed by atoms with Crippen LogP contribution in [0, 0.1) is 0 Å². The van der Waals surface area contributed by atoms with Crippen LogP contribution in [-0.4, -0.2) is 41.0 Å². The van der Waals surface area contributed by atoms with Gasteiger partial charge in [-0.1, -0.05) is 55.8 Å². The topological polar surface area (TPSA) is 76.1 Å². The van der Waals surface area contributed by atoms with E-state index >= 15 is 0 Å². The van der Waals surface area contributed by atoms with Crippen LogP contribution in [-0.2, 0) is 22.4 Å². The molecule has 2 heterocycles. The zero-order valence-electron chi connectivity index (χ0n) is 21.9. The first-order valence-electron chi connectivity index (χ1n) is 13.3. The Balaban J connectivity index is 1.55. The number of nitrogens with zero attached hydrogens (tertiary/aromatic N) is 1. The van der Waals surface area contributed by atoms with Crippen LogP contribution < -0.4 is 9.47 Å². The van der Waals surface area contributed by atoms with Gasteiger partial charge in [-0.3, -0.25) is 9.59 Å². The summed E-state index contributed by atoms with van der Waals surface area (Å²) in [5, 5.41) is 11.5. The van der Waals surface area contributed by atoms with E-state index < -0.39 is 17.7 Å². The van der Waals surface area contributed by atoms with Crippen LogP contribution in [0.25, 0.3) is 5.76 Å². The highest BCUT2D eigenvalue weighted by Crippen LogP contribution is 2.41. The summed E-state index contributed by atoms with van der Waals surface area (Å²) in [6, 6.07) is 22.0. The summed E-state index contributed by atoms with van der Waals surface area (Å²) in [5.41, 5.74) is 3.37. The van der Waals surface area contributed by atoms with E-state index in [1.165, 1.54) is 0 Å². The fourth-order valence-corrected chi connectivity index (χ4v) is 5.19. The molecule has 196 valence electrons. The Bertz CT molecular complexity index is 1360. The lowest BCUT2D eigenvalue weighted by molar-refractivity contribution is -0.139. The molecule has 0 aromatic heterocycles. The predicted molar refractivity (Wildman–Crippen MR) is 146 cm³/mol. The highest BCUT2D eigenvalue weighted by atomic mass is 16.5. The van der Waals surface area contributed by atoms with Gasteiger partial charge in [-0.05, 0) is 66.8 Å². The molecule has 0 saturated carbocycles. The van der Waals surface area contributed by atoms with E-state index in [2.05, 4.69) is 6.92 Å². The second-order valence-electron chi connectivity index (χ2n) is 9.96. The number of hydrogen-bond donors (Lipinski definition) is 1. The molecule has 6 nitrogen and oxygen atoms in total. The Morgan fingerprint density at radius 1 is 1.05 bits per heavy atom. The molecular weight excluding hydrogens is 478 g/mol. The van der Waals surface area contributed by atoms with Gasteiger partial charge in [-0.25, -0.2) is 0 Å². The summed E-state index contributed by atoms with van der Waals surface area (Å²) < 4.78 is 11.7. The molecule has 3 aromatic carbocycles. The van der Waals surface area contributed by atoms with Gasteiger partial charge in [0.25, 0.3) is 11.7 Å². The number of fused-ring (bicyclic) bond motifs is 1. The first kappa shape index (κ1) is 25.6. The summed E-state index contributed by atoms with van der Waals surface area (Å²) in [6.45, 7) is 5.02. The first-order chi connectivity index (χ1) is 18.5. The number of rotatable bonds is 9. The van der Waals surface area contributed by atoms with Crippen molar-refractivity contribution in [1.82, 2.24) is 4.90 Å². The van der Waals surface area contributed by atoms with Crippen molar-refractivity contribution >= 4 is 17.4 Å². The molecular formula is C32H33NO5. The summed E-state index contributed by atoms with van der Waals surface area (Å²) in [5.74, 6) is 0.000193. The maximum absolute atomic E-state index is 13.4. The molecule has 2 aliphatic rings. The number of hydrogen-bond acceptors (Lipinski definition) is 5. The van der Waals surface area contributed by atoms with Gasteiger partial charge in [-0.15, -0.1) is 0 Å². The Labute approximate surface area is 223 Å². The monoisotopic (exact) mass is 511 g/mol. The number of benzene rings is 3. The number of ketones is 1.